The highest BCUT2D eigenvalue weighted by molar-refractivity contribution is 14.0. The summed E-state index contributed by atoms with van der Waals surface area (Å²) in [6, 6.07) is 4.38. The zero-order valence-corrected chi connectivity index (χ0v) is 17.7. The standard InChI is InChI=1S/C18H23F3N4O2.HI/c1-22-17(25-14-10-13-6-7-15(14)27-13)24-9-8-23-16(26)11-2-4-12(5-3-11)18(19,20)21;/h2-5,13-15H,6-10H2,1H3,(H,23,26)(H2,22,24,25);1H. The molecule has 6 nitrogen and oxygen atoms in total. The number of hydrogen-bond acceptors (Lipinski definition) is 3. The van der Waals surface area contributed by atoms with Crippen LogP contribution in [0.25, 0.3) is 0 Å². The molecule has 1 aromatic rings. The molecule has 0 radical (unpaired) electrons. The summed E-state index contributed by atoms with van der Waals surface area (Å²) in [7, 11) is 1.67. The highest BCUT2D eigenvalue weighted by Crippen LogP contribution is 2.34. The Bertz CT molecular complexity index is 697. The number of rotatable bonds is 5. The average Bonchev–Trinajstić information content (AvgIpc) is 3.26. The highest BCUT2D eigenvalue weighted by Gasteiger charge is 2.41. The van der Waals surface area contributed by atoms with Gasteiger partial charge >= 0.3 is 6.18 Å². The van der Waals surface area contributed by atoms with Gasteiger partial charge in [0.05, 0.1) is 23.8 Å². The Balaban J connectivity index is 0.00000280. The summed E-state index contributed by atoms with van der Waals surface area (Å²) in [5, 5.41) is 9.11. The molecule has 0 saturated carbocycles. The van der Waals surface area contributed by atoms with Crippen LogP contribution in [-0.2, 0) is 10.9 Å². The molecule has 3 N–H and O–H groups in total. The van der Waals surface area contributed by atoms with Gasteiger partial charge in [0, 0.05) is 25.7 Å². The molecule has 0 spiro atoms. The van der Waals surface area contributed by atoms with E-state index >= 15 is 0 Å². The van der Waals surface area contributed by atoms with Crippen LogP contribution in [0.15, 0.2) is 29.3 Å². The van der Waals surface area contributed by atoms with E-state index in [-0.39, 0.29) is 41.7 Å². The number of carbonyl (C=O) groups is 1. The van der Waals surface area contributed by atoms with E-state index in [9.17, 15) is 18.0 Å². The van der Waals surface area contributed by atoms with Crippen molar-refractivity contribution in [2.75, 3.05) is 20.1 Å². The van der Waals surface area contributed by atoms with Crippen LogP contribution >= 0.6 is 24.0 Å². The van der Waals surface area contributed by atoms with Crippen LogP contribution in [0, 0.1) is 0 Å². The zero-order chi connectivity index (χ0) is 19.4. The lowest BCUT2D eigenvalue weighted by Gasteiger charge is -2.22. The molecule has 3 atom stereocenters. The Morgan fingerprint density at radius 3 is 2.39 bits per heavy atom. The van der Waals surface area contributed by atoms with Crippen LogP contribution < -0.4 is 16.0 Å². The maximum absolute atomic E-state index is 12.5. The summed E-state index contributed by atoms with van der Waals surface area (Å²) in [5.74, 6) is 0.218. The number of benzene rings is 1. The van der Waals surface area contributed by atoms with Gasteiger partial charge in [0.15, 0.2) is 5.96 Å². The first-order chi connectivity index (χ1) is 12.9. The maximum atomic E-state index is 12.5. The van der Waals surface area contributed by atoms with E-state index in [1.54, 1.807) is 7.05 Å². The number of guanidine groups is 1. The lowest BCUT2D eigenvalue weighted by molar-refractivity contribution is -0.137. The molecule has 28 heavy (non-hydrogen) atoms. The minimum atomic E-state index is -4.41. The van der Waals surface area contributed by atoms with Crippen molar-refractivity contribution in [1.29, 1.82) is 0 Å². The highest BCUT2D eigenvalue weighted by atomic mass is 127. The minimum Gasteiger partial charge on any atom is -0.373 e. The van der Waals surface area contributed by atoms with Crippen molar-refractivity contribution in [3.63, 3.8) is 0 Å². The fourth-order valence-corrected chi connectivity index (χ4v) is 3.43. The molecule has 1 amide bonds. The predicted octanol–water partition coefficient (Wildman–Crippen LogP) is 2.54. The third-order valence-corrected chi connectivity index (χ3v) is 4.83. The first kappa shape index (κ1) is 22.7. The van der Waals surface area contributed by atoms with Crippen molar-refractivity contribution in [3.8, 4) is 0 Å². The Labute approximate surface area is 178 Å². The Morgan fingerprint density at radius 2 is 1.86 bits per heavy atom. The number of ether oxygens (including phenoxy) is 1. The van der Waals surface area contributed by atoms with Gasteiger partial charge in [-0.15, -0.1) is 24.0 Å². The van der Waals surface area contributed by atoms with Crippen LogP contribution in [0.1, 0.15) is 35.2 Å². The van der Waals surface area contributed by atoms with Crippen LogP contribution in [-0.4, -0.2) is 50.3 Å². The second-order valence-corrected chi connectivity index (χ2v) is 6.69. The average molecular weight is 512 g/mol. The van der Waals surface area contributed by atoms with Gasteiger partial charge < -0.3 is 20.7 Å². The molecule has 2 aliphatic rings. The Morgan fingerprint density at radius 1 is 1.18 bits per heavy atom. The molecule has 0 aromatic heterocycles. The summed E-state index contributed by atoms with van der Waals surface area (Å²) >= 11 is 0. The van der Waals surface area contributed by atoms with Crippen LogP contribution in [0.4, 0.5) is 13.2 Å². The summed E-state index contributed by atoms with van der Waals surface area (Å²) in [6.45, 7) is 0.751. The number of nitrogens with one attached hydrogen (secondary N) is 3. The topological polar surface area (TPSA) is 74.8 Å². The number of nitrogens with zero attached hydrogens (tertiary/aromatic N) is 1. The van der Waals surface area contributed by atoms with Gasteiger partial charge in [-0.2, -0.15) is 13.2 Å². The zero-order valence-electron chi connectivity index (χ0n) is 15.4. The fourth-order valence-electron chi connectivity index (χ4n) is 3.43. The molecule has 2 bridgehead atoms. The molecule has 2 aliphatic heterocycles. The Hall–Kier alpha value is -1.56. The largest absolute Gasteiger partial charge is 0.416 e. The minimum absolute atomic E-state index is 0. The summed E-state index contributed by atoms with van der Waals surface area (Å²) < 4.78 is 43.4. The second-order valence-electron chi connectivity index (χ2n) is 6.69. The van der Waals surface area contributed by atoms with Gasteiger partial charge in [-0.3, -0.25) is 9.79 Å². The van der Waals surface area contributed by atoms with Crippen LogP contribution in [0.5, 0.6) is 0 Å². The van der Waals surface area contributed by atoms with E-state index in [1.807, 2.05) is 0 Å². The van der Waals surface area contributed by atoms with Crippen molar-refractivity contribution < 1.29 is 22.7 Å². The van der Waals surface area contributed by atoms with E-state index in [0.29, 0.717) is 25.2 Å². The molecule has 3 unspecified atom stereocenters. The van der Waals surface area contributed by atoms with Crippen molar-refractivity contribution in [2.24, 2.45) is 4.99 Å². The Kier molecular flexibility index (Phi) is 7.93. The SMILES string of the molecule is CN=C(NCCNC(=O)c1ccc(C(F)(F)F)cc1)NC1CC2CCC1O2.I. The molecule has 2 saturated heterocycles. The number of fused-ring (bicyclic) bond motifs is 2. The van der Waals surface area contributed by atoms with E-state index in [0.717, 1.165) is 31.4 Å². The molecule has 156 valence electrons. The molecule has 2 heterocycles. The lowest BCUT2D eigenvalue weighted by Crippen LogP contribution is -2.48. The van der Waals surface area contributed by atoms with Gasteiger partial charge in [-0.05, 0) is 43.5 Å². The van der Waals surface area contributed by atoms with Crippen molar-refractivity contribution in [2.45, 2.75) is 43.7 Å². The number of amides is 1. The number of aliphatic imine (C=N–C) groups is 1. The molecule has 3 rings (SSSR count). The van der Waals surface area contributed by atoms with Gasteiger partial charge in [0.1, 0.15) is 0 Å². The van der Waals surface area contributed by atoms with Gasteiger partial charge in [-0.1, -0.05) is 0 Å². The van der Waals surface area contributed by atoms with Crippen LogP contribution in [0.2, 0.25) is 0 Å². The van der Waals surface area contributed by atoms with E-state index < -0.39 is 17.6 Å². The molecular formula is C18H24F3IN4O2. The third kappa shape index (κ3) is 5.72. The number of halogens is 4. The monoisotopic (exact) mass is 512 g/mol. The third-order valence-electron chi connectivity index (χ3n) is 4.83. The predicted molar refractivity (Wildman–Crippen MR) is 110 cm³/mol. The molecule has 1 aromatic carbocycles. The summed E-state index contributed by atoms with van der Waals surface area (Å²) in [4.78, 5) is 16.2. The second kappa shape index (κ2) is 9.77. The maximum Gasteiger partial charge on any atom is 0.416 e. The number of hydrogen-bond donors (Lipinski definition) is 3. The molecule has 10 heteroatoms. The van der Waals surface area contributed by atoms with E-state index in [1.165, 1.54) is 12.1 Å². The lowest BCUT2D eigenvalue weighted by atomic mass is 9.96. The summed E-state index contributed by atoms with van der Waals surface area (Å²) in [6.07, 6.45) is -0.698. The first-order valence-corrected chi connectivity index (χ1v) is 8.95. The van der Waals surface area contributed by atoms with E-state index in [4.69, 9.17) is 4.74 Å². The van der Waals surface area contributed by atoms with Crippen LogP contribution in [0.3, 0.4) is 0 Å². The smallest absolute Gasteiger partial charge is 0.373 e. The van der Waals surface area contributed by atoms with Gasteiger partial charge in [-0.25, -0.2) is 0 Å². The molecule has 2 fully saturated rings. The van der Waals surface area contributed by atoms with Crippen molar-refractivity contribution >= 4 is 35.8 Å². The van der Waals surface area contributed by atoms with Gasteiger partial charge in [0.25, 0.3) is 5.91 Å². The number of carbonyl (C=O) groups excluding carboxylic acids is 1. The van der Waals surface area contributed by atoms with E-state index in [2.05, 4.69) is 20.9 Å². The first-order valence-electron chi connectivity index (χ1n) is 8.95. The summed E-state index contributed by atoms with van der Waals surface area (Å²) in [5.41, 5.74) is -0.593. The fraction of sp³-hybridized carbons (Fsp3) is 0.556. The quantitative estimate of drug-likeness (QED) is 0.246. The van der Waals surface area contributed by atoms with Crippen molar-refractivity contribution in [1.82, 2.24) is 16.0 Å². The van der Waals surface area contributed by atoms with Crippen molar-refractivity contribution in [3.05, 3.63) is 35.4 Å². The normalized spacial score (nSPS) is 23.9. The van der Waals surface area contributed by atoms with Gasteiger partial charge in [0.2, 0.25) is 0 Å². The molecular weight excluding hydrogens is 488 g/mol. The molecule has 0 aliphatic carbocycles. The number of alkyl halides is 3.